The standard InChI is InChI=1S/C29H29N3O4S2/c1-4-8-26(33)30-21-12-14-22(15-13-21)38-27(19-9-6-5-7-10-19)28(34)32-29-31-23(18-37-29)20-11-16-24(35-2)25(17-20)36-3/h5-7,9-18,27H,4,8H2,1-3H3,(H,30,33)(H,31,32,34). The molecule has 7 nitrogen and oxygen atoms in total. The normalized spacial score (nSPS) is 11.4. The number of aromatic nitrogens is 1. The molecule has 2 amide bonds. The first-order valence-electron chi connectivity index (χ1n) is 12.1. The van der Waals surface area contributed by atoms with Gasteiger partial charge >= 0.3 is 0 Å². The zero-order valence-electron chi connectivity index (χ0n) is 21.4. The molecule has 38 heavy (non-hydrogen) atoms. The van der Waals surface area contributed by atoms with Gasteiger partial charge in [0.15, 0.2) is 16.6 Å². The maximum absolute atomic E-state index is 13.5. The van der Waals surface area contributed by atoms with Gasteiger partial charge in [0, 0.05) is 27.9 Å². The topological polar surface area (TPSA) is 89.6 Å². The number of carbonyl (C=O) groups excluding carboxylic acids is 2. The zero-order chi connectivity index (χ0) is 26.9. The van der Waals surface area contributed by atoms with E-state index >= 15 is 0 Å². The Morgan fingerprint density at radius 3 is 2.37 bits per heavy atom. The number of amides is 2. The number of thioether (sulfide) groups is 1. The van der Waals surface area contributed by atoms with Crippen LogP contribution in [0.1, 0.15) is 30.6 Å². The second-order valence-corrected chi connectivity index (χ2v) is 10.4. The van der Waals surface area contributed by atoms with Crippen LogP contribution in [0.3, 0.4) is 0 Å². The van der Waals surface area contributed by atoms with E-state index in [0.29, 0.717) is 23.1 Å². The van der Waals surface area contributed by atoms with Gasteiger partial charge in [-0.25, -0.2) is 4.98 Å². The Bertz CT molecular complexity index is 1370. The summed E-state index contributed by atoms with van der Waals surface area (Å²) in [7, 11) is 3.18. The average Bonchev–Trinajstić information content (AvgIpc) is 3.41. The smallest absolute Gasteiger partial charge is 0.244 e. The first-order chi connectivity index (χ1) is 18.5. The maximum atomic E-state index is 13.5. The van der Waals surface area contributed by atoms with Crippen LogP contribution in [0.5, 0.6) is 11.5 Å². The largest absolute Gasteiger partial charge is 0.493 e. The first kappa shape index (κ1) is 27.2. The molecule has 196 valence electrons. The Balaban J connectivity index is 1.50. The van der Waals surface area contributed by atoms with E-state index < -0.39 is 5.25 Å². The third-order valence-electron chi connectivity index (χ3n) is 5.62. The molecule has 0 spiro atoms. The number of ether oxygens (including phenoxy) is 2. The van der Waals surface area contributed by atoms with Gasteiger partial charge in [0.05, 0.1) is 19.9 Å². The second kappa shape index (κ2) is 13.1. The molecule has 0 saturated carbocycles. The molecular weight excluding hydrogens is 518 g/mol. The van der Waals surface area contributed by atoms with Crippen LogP contribution < -0.4 is 20.1 Å². The Kier molecular flexibility index (Phi) is 9.40. The summed E-state index contributed by atoms with van der Waals surface area (Å²) >= 11 is 2.80. The highest BCUT2D eigenvalue weighted by Crippen LogP contribution is 2.38. The van der Waals surface area contributed by atoms with Gasteiger partial charge in [0.2, 0.25) is 11.8 Å². The molecule has 3 aromatic carbocycles. The fourth-order valence-electron chi connectivity index (χ4n) is 3.73. The minimum absolute atomic E-state index is 0.00894. The van der Waals surface area contributed by atoms with Crippen molar-refractivity contribution in [3.63, 3.8) is 0 Å². The van der Waals surface area contributed by atoms with Gasteiger partial charge in [-0.2, -0.15) is 0 Å². The average molecular weight is 548 g/mol. The Morgan fingerprint density at radius 1 is 0.947 bits per heavy atom. The number of carbonyl (C=O) groups is 2. The number of methoxy groups -OCH3 is 2. The SMILES string of the molecule is CCCC(=O)Nc1ccc(SC(C(=O)Nc2nc(-c3ccc(OC)c(OC)c3)cs2)c2ccccc2)cc1. The summed E-state index contributed by atoms with van der Waals surface area (Å²) in [4.78, 5) is 30.9. The molecule has 2 N–H and O–H groups in total. The van der Waals surface area contributed by atoms with E-state index in [9.17, 15) is 9.59 Å². The quantitative estimate of drug-likeness (QED) is 0.196. The molecule has 0 bridgehead atoms. The lowest BCUT2D eigenvalue weighted by Crippen LogP contribution is -2.19. The molecule has 1 aromatic heterocycles. The van der Waals surface area contributed by atoms with Crippen LogP contribution >= 0.6 is 23.1 Å². The van der Waals surface area contributed by atoms with Crippen LogP contribution in [-0.2, 0) is 9.59 Å². The van der Waals surface area contributed by atoms with E-state index in [4.69, 9.17) is 9.47 Å². The molecule has 4 rings (SSSR count). The lowest BCUT2D eigenvalue weighted by molar-refractivity contribution is -0.116. The molecule has 0 fully saturated rings. The summed E-state index contributed by atoms with van der Waals surface area (Å²) in [5.74, 6) is 1.07. The van der Waals surface area contributed by atoms with Crippen LogP contribution in [-0.4, -0.2) is 31.0 Å². The van der Waals surface area contributed by atoms with E-state index in [1.165, 1.54) is 23.1 Å². The molecule has 1 heterocycles. The summed E-state index contributed by atoms with van der Waals surface area (Å²) in [5, 5.41) is 7.79. The van der Waals surface area contributed by atoms with E-state index in [2.05, 4.69) is 15.6 Å². The third kappa shape index (κ3) is 6.93. The van der Waals surface area contributed by atoms with Gasteiger partial charge in [0.25, 0.3) is 0 Å². The predicted octanol–water partition coefficient (Wildman–Crippen LogP) is 7.04. The van der Waals surface area contributed by atoms with Gasteiger partial charge < -0.3 is 20.1 Å². The Morgan fingerprint density at radius 2 is 1.68 bits per heavy atom. The number of nitrogens with one attached hydrogen (secondary N) is 2. The molecule has 1 atom stereocenters. The van der Waals surface area contributed by atoms with Crippen LogP contribution in [0.4, 0.5) is 10.8 Å². The van der Waals surface area contributed by atoms with Gasteiger partial charge in [-0.3, -0.25) is 9.59 Å². The fourth-order valence-corrected chi connectivity index (χ4v) is 5.48. The highest BCUT2D eigenvalue weighted by molar-refractivity contribution is 8.00. The Labute approximate surface area is 230 Å². The van der Waals surface area contributed by atoms with Crippen LogP contribution in [0, 0.1) is 0 Å². The number of hydrogen-bond donors (Lipinski definition) is 2. The second-order valence-electron chi connectivity index (χ2n) is 8.33. The summed E-state index contributed by atoms with van der Waals surface area (Å²) in [5.41, 5.74) is 3.21. The van der Waals surface area contributed by atoms with E-state index in [1.807, 2.05) is 85.1 Å². The van der Waals surface area contributed by atoms with Crippen molar-refractivity contribution in [2.45, 2.75) is 29.9 Å². The van der Waals surface area contributed by atoms with Crippen molar-refractivity contribution < 1.29 is 19.1 Å². The Hall–Kier alpha value is -3.82. The van der Waals surface area contributed by atoms with Crippen molar-refractivity contribution in [2.24, 2.45) is 0 Å². The molecule has 0 radical (unpaired) electrons. The summed E-state index contributed by atoms with van der Waals surface area (Å²) in [6.45, 7) is 1.97. The number of hydrogen-bond acceptors (Lipinski definition) is 7. The van der Waals surface area contributed by atoms with Gasteiger partial charge in [-0.05, 0) is 54.4 Å². The minimum atomic E-state index is -0.495. The molecule has 0 aliphatic heterocycles. The summed E-state index contributed by atoms with van der Waals surface area (Å²) < 4.78 is 10.7. The predicted molar refractivity (Wildman–Crippen MR) is 154 cm³/mol. The van der Waals surface area contributed by atoms with Crippen molar-refractivity contribution in [1.29, 1.82) is 0 Å². The van der Waals surface area contributed by atoms with E-state index in [-0.39, 0.29) is 11.8 Å². The molecule has 0 saturated heterocycles. The molecular formula is C29H29N3O4S2. The molecule has 0 aliphatic carbocycles. The van der Waals surface area contributed by atoms with Crippen LogP contribution in [0.2, 0.25) is 0 Å². The van der Waals surface area contributed by atoms with Crippen molar-refractivity contribution in [2.75, 3.05) is 24.9 Å². The lowest BCUT2D eigenvalue weighted by Gasteiger charge is -2.16. The molecule has 1 unspecified atom stereocenters. The lowest BCUT2D eigenvalue weighted by atomic mass is 10.1. The van der Waals surface area contributed by atoms with Gasteiger partial charge in [-0.15, -0.1) is 23.1 Å². The number of nitrogens with zero attached hydrogens (tertiary/aromatic N) is 1. The maximum Gasteiger partial charge on any atom is 0.244 e. The van der Waals surface area contributed by atoms with Crippen molar-refractivity contribution in [3.8, 4) is 22.8 Å². The van der Waals surface area contributed by atoms with Crippen LogP contribution in [0.15, 0.2) is 83.1 Å². The molecule has 0 aliphatic rings. The highest BCUT2D eigenvalue weighted by Gasteiger charge is 2.23. The fraction of sp³-hybridized carbons (Fsp3) is 0.207. The van der Waals surface area contributed by atoms with Crippen LogP contribution in [0.25, 0.3) is 11.3 Å². The monoisotopic (exact) mass is 547 g/mol. The third-order valence-corrected chi connectivity index (χ3v) is 7.65. The van der Waals surface area contributed by atoms with Crippen molar-refractivity contribution in [1.82, 2.24) is 4.98 Å². The highest BCUT2D eigenvalue weighted by atomic mass is 32.2. The number of anilines is 2. The molecule has 4 aromatic rings. The summed E-state index contributed by atoms with van der Waals surface area (Å²) in [6, 6.07) is 22.8. The first-order valence-corrected chi connectivity index (χ1v) is 13.9. The van der Waals surface area contributed by atoms with Crippen molar-refractivity contribution in [3.05, 3.63) is 83.7 Å². The van der Waals surface area contributed by atoms with Crippen molar-refractivity contribution >= 4 is 45.7 Å². The number of rotatable bonds is 11. The summed E-state index contributed by atoms with van der Waals surface area (Å²) in [6.07, 6.45) is 1.28. The van der Waals surface area contributed by atoms with Gasteiger partial charge in [-0.1, -0.05) is 37.3 Å². The van der Waals surface area contributed by atoms with E-state index in [1.54, 1.807) is 14.2 Å². The zero-order valence-corrected chi connectivity index (χ0v) is 23.0. The van der Waals surface area contributed by atoms with Gasteiger partial charge in [0.1, 0.15) is 5.25 Å². The molecule has 9 heteroatoms. The van der Waals surface area contributed by atoms with E-state index in [0.717, 1.165) is 33.8 Å². The number of benzene rings is 3. The number of thiazole rings is 1. The minimum Gasteiger partial charge on any atom is -0.493 e.